The summed E-state index contributed by atoms with van der Waals surface area (Å²) in [7, 11) is -3.64. The van der Waals surface area contributed by atoms with Crippen molar-refractivity contribution in [2.24, 2.45) is 11.8 Å². The van der Waals surface area contributed by atoms with E-state index in [-0.39, 0.29) is 25.6 Å². The molecule has 8 heteroatoms. The Hall–Kier alpha value is -0.700. The Bertz CT molecular complexity index is 420. The van der Waals surface area contributed by atoms with Gasteiger partial charge in [0.25, 0.3) is 10.2 Å². The van der Waals surface area contributed by atoms with E-state index in [4.69, 9.17) is 10.2 Å². The van der Waals surface area contributed by atoms with E-state index in [1.165, 1.54) is 4.31 Å². The first-order chi connectivity index (χ1) is 9.90. The molecule has 1 aliphatic heterocycles. The van der Waals surface area contributed by atoms with Gasteiger partial charge in [-0.3, -0.25) is 4.79 Å². The monoisotopic (exact) mass is 322 g/mol. The largest absolute Gasteiger partial charge is 0.481 e. The van der Waals surface area contributed by atoms with E-state index in [0.29, 0.717) is 25.8 Å². The topological polar surface area (TPSA) is 107 Å². The zero-order valence-corrected chi connectivity index (χ0v) is 13.3. The summed E-state index contributed by atoms with van der Waals surface area (Å²) in [6.07, 6.45) is 3.42. The molecule has 0 aliphatic carbocycles. The molecule has 0 saturated carbocycles. The molecule has 21 heavy (non-hydrogen) atoms. The van der Waals surface area contributed by atoms with Crippen LogP contribution in [0.25, 0.3) is 0 Å². The molecule has 0 radical (unpaired) electrons. The molecule has 0 aromatic rings. The standard InChI is InChI=1S/C13H26N2O5S/c1-2-4-11(6-8-16)9-14-21(19,20)15-7-3-5-12(10-15)13(17)18/h11-12,14,16H,2-10H2,1H3,(H,17,18). The zero-order valence-electron chi connectivity index (χ0n) is 12.5. The Kier molecular flexibility index (Phi) is 7.58. The molecule has 2 unspecified atom stereocenters. The predicted octanol–water partition coefficient (Wildman–Crippen LogP) is 0.416. The summed E-state index contributed by atoms with van der Waals surface area (Å²) in [5.41, 5.74) is 0. The Morgan fingerprint density at radius 1 is 1.43 bits per heavy atom. The molecule has 7 nitrogen and oxygen atoms in total. The molecule has 1 aliphatic rings. The number of aliphatic carboxylic acids is 1. The quantitative estimate of drug-likeness (QED) is 0.570. The van der Waals surface area contributed by atoms with Crippen LogP contribution in [0.2, 0.25) is 0 Å². The van der Waals surface area contributed by atoms with Crippen molar-refractivity contribution in [1.82, 2.24) is 9.03 Å². The highest BCUT2D eigenvalue weighted by Crippen LogP contribution is 2.19. The van der Waals surface area contributed by atoms with Crippen LogP contribution in [0.5, 0.6) is 0 Å². The lowest BCUT2D eigenvalue weighted by molar-refractivity contribution is -0.142. The van der Waals surface area contributed by atoms with Crippen LogP contribution in [-0.2, 0) is 15.0 Å². The zero-order chi connectivity index (χ0) is 15.9. The molecule has 0 aromatic carbocycles. The van der Waals surface area contributed by atoms with Crippen molar-refractivity contribution in [2.45, 2.75) is 39.0 Å². The van der Waals surface area contributed by atoms with Gasteiger partial charge in [0, 0.05) is 26.2 Å². The van der Waals surface area contributed by atoms with Gasteiger partial charge in [-0.05, 0) is 31.6 Å². The number of piperidine rings is 1. The van der Waals surface area contributed by atoms with Crippen LogP contribution in [-0.4, -0.2) is 55.1 Å². The molecule has 1 heterocycles. The van der Waals surface area contributed by atoms with Crippen molar-refractivity contribution in [3.05, 3.63) is 0 Å². The molecule has 0 spiro atoms. The number of aliphatic hydroxyl groups excluding tert-OH is 1. The second-order valence-corrected chi connectivity index (χ2v) is 7.31. The number of carbonyl (C=O) groups is 1. The SMILES string of the molecule is CCCC(CCO)CNS(=O)(=O)N1CCCC(C(=O)O)C1. The van der Waals surface area contributed by atoms with Crippen molar-refractivity contribution < 1.29 is 23.4 Å². The average Bonchev–Trinajstić information content (AvgIpc) is 2.45. The van der Waals surface area contributed by atoms with E-state index in [2.05, 4.69) is 4.72 Å². The number of nitrogens with zero attached hydrogens (tertiary/aromatic N) is 1. The van der Waals surface area contributed by atoms with E-state index in [1.54, 1.807) is 0 Å². The van der Waals surface area contributed by atoms with E-state index >= 15 is 0 Å². The lowest BCUT2D eigenvalue weighted by Crippen LogP contribution is -2.48. The third-order valence-corrected chi connectivity index (χ3v) is 5.40. The first-order valence-electron chi connectivity index (χ1n) is 7.49. The Morgan fingerprint density at radius 3 is 2.71 bits per heavy atom. The molecule has 1 rings (SSSR count). The number of rotatable bonds is 9. The number of carboxylic acid groups (broad SMARTS) is 1. The molecule has 124 valence electrons. The van der Waals surface area contributed by atoms with Gasteiger partial charge >= 0.3 is 5.97 Å². The average molecular weight is 322 g/mol. The molecule has 0 bridgehead atoms. The minimum atomic E-state index is -3.64. The van der Waals surface area contributed by atoms with Gasteiger partial charge < -0.3 is 10.2 Å². The van der Waals surface area contributed by atoms with Gasteiger partial charge in [0.15, 0.2) is 0 Å². The Balaban J connectivity index is 2.57. The number of hydrogen-bond acceptors (Lipinski definition) is 4. The van der Waals surface area contributed by atoms with Crippen LogP contribution in [0.3, 0.4) is 0 Å². The van der Waals surface area contributed by atoms with Crippen molar-refractivity contribution in [1.29, 1.82) is 0 Å². The van der Waals surface area contributed by atoms with Gasteiger partial charge in [0.05, 0.1) is 5.92 Å². The molecule has 2 atom stereocenters. The molecular formula is C13H26N2O5S. The van der Waals surface area contributed by atoms with Gasteiger partial charge in [-0.25, -0.2) is 4.72 Å². The number of hydrogen-bond donors (Lipinski definition) is 3. The Labute approximate surface area is 126 Å². The van der Waals surface area contributed by atoms with Crippen molar-refractivity contribution in [3.8, 4) is 0 Å². The fraction of sp³-hybridized carbons (Fsp3) is 0.923. The second-order valence-electron chi connectivity index (χ2n) is 5.56. The maximum Gasteiger partial charge on any atom is 0.307 e. The van der Waals surface area contributed by atoms with Crippen LogP contribution >= 0.6 is 0 Å². The number of aliphatic hydroxyl groups is 1. The second kappa shape index (κ2) is 8.67. The van der Waals surface area contributed by atoms with Gasteiger partial charge in [-0.2, -0.15) is 12.7 Å². The third-order valence-electron chi connectivity index (χ3n) is 3.86. The van der Waals surface area contributed by atoms with E-state index in [0.717, 1.165) is 12.8 Å². The molecule has 0 aromatic heterocycles. The first-order valence-corrected chi connectivity index (χ1v) is 8.93. The van der Waals surface area contributed by atoms with Crippen LogP contribution in [0.1, 0.15) is 39.0 Å². The highest BCUT2D eigenvalue weighted by Gasteiger charge is 2.32. The van der Waals surface area contributed by atoms with Crippen LogP contribution in [0.15, 0.2) is 0 Å². The maximum absolute atomic E-state index is 12.2. The highest BCUT2D eigenvalue weighted by molar-refractivity contribution is 7.87. The summed E-state index contributed by atoms with van der Waals surface area (Å²) in [6, 6.07) is 0. The lowest BCUT2D eigenvalue weighted by Gasteiger charge is -2.30. The minimum absolute atomic E-state index is 0.0309. The molecular weight excluding hydrogens is 296 g/mol. The third kappa shape index (κ3) is 5.90. The lowest BCUT2D eigenvalue weighted by atomic mass is 10.0. The highest BCUT2D eigenvalue weighted by atomic mass is 32.2. The number of carboxylic acids is 1. The summed E-state index contributed by atoms with van der Waals surface area (Å²) < 4.78 is 28.2. The van der Waals surface area contributed by atoms with E-state index in [9.17, 15) is 13.2 Å². The van der Waals surface area contributed by atoms with E-state index < -0.39 is 22.1 Å². The van der Waals surface area contributed by atoms with Crippen molar-refractivity contribution in [3.63, 3.8) is 0 Å². The summed E-state index contributed by atoms with van der Waals surface area (Å²) in [6.45, 7) is 2.73. The van der Waals surface area contributed by atoms with Gasteiger partial charge in [-0.15, -0.1) is 0 Å². The van der Waals surface area contributed by atoms with E-state index in [1.807, 2.05) is 6.92 Å². The van der Waals surface area contributed by atoms with Gasteiger partial charge in [-0.1, -0.05) is 13.3 Å². The van der Waals surface area contributed by atoms with Crippen molar-refractivity contribution >= 4 is 16.2 Å². The maximum atomic E-state index is 12.2. The fourth-order valence-corrected chi connectivity index (χ4v) is 3.99. The fourth-order valence-electron chi connectivity index (χ4n) is 2.62. The summed E-state index contributed by atoms with van der Waals surface area (Å²) in [5, 5.41) is 18.0. The van der Waals surface area contributed by atoms with Crippen LogP contribution in [0, 0.1) is 11.8 Å². The smallest absolute Gasteiger partial charge is 0.307 e. The van der Waals surface area contributed by atoms with Gasteiger partial charge in [0.2, 0.25) is 0 Å². The van der Waals surface area contributed by atoms with Crippen LogP contribution in [0.4, 0.5) is 0 Å². The number of nitrogens with one attached hydrogen (secondary N) is 1. The Morgan fingerprint density at radius 2 is 2.14 bits per heavy atom. The van der Waals surface area contributed by atoms with Crippen molar-refractivity contribution in [2.75, 3.05) is 26.2 Å². The summed E-state index contributed by atoms with van der Waals surface area (Å²) in [4.78, 5) is 11.0. The molecule has 0 amide bonds. The summed E-state index contributed by atoms with van der Waals surface area (Å²) in [5.74, 6) is -1.46. The summed E-state index contributed by atoms with van der Waals surface area (Å²) >= 11 is 0. The minimum Gasteiger partial charge on any atom is -0.481 e. The molecule has 1 saturated heterocycles. The molecule has 3 N–H and O–H groups in total. The van der Waals surface area contributed by atoms with Crippen LogP contribution < -0.4 is 4.72 Å². The first kappa shape index (κ1) is 18.3. The predicted molar refractivity (Wildman–Crippen MR) is 79.0 cm³/mol. The normalized spacial score (nSPS) is 22.1. The molecule has 1 fully saturated rings. The van der Waals surface area contributed by atoms with Gasteiger partial charge in [0.1, 0.15) is 0 Å².